The van der Waals surface area contributed by atoms with Gasteiger partial charge in [-0.25, -0.2) is 4.68 Å². The average molecular weight is 191 g/mol. The first-order chi connectivity index (χ1) is 6.84. The monoisotopic (exact) mass is 191 g/mol. The number of hydrogen-bond acceptors (Lipinski definition) is 2. The van der Waals surface area contributed by atoms with E-state index in [0.29, 0.717) is 12.0 Å². The SMILES string of the molecule is Nc1cc(C2CCC2)nn1C1CCC1. The Bertz CT molecular complexity index is 334. The molecule has 3 nitrogen and oxygen atoms in total. The molecule has 0 aromatic carbocycles. The van der Waals surface area contributed by atoms with E-state index in [0.717, 1.165) is 5.82 Å². The standard InChI is InChI=1S/C11H17N3/c12-11-7-10(8-3-1-4-8)13-14(11)9-5-2-6-9/h7-9H,1-6,12H2. The van der Waals surface area contributed by atoms with Crippen molar-refractivity contribution in [3.8, 4) is 0 Å². The summed E-state index contributed by atoms with van der Waals surface area (Å²) in [6, 6.07) is 2.69. The second-order valence-corrected chi connectivity index (χ2v) is 4.65. The summed E-state index contributed by atoms with van der Waals surface area (Å²) >= 11 is 0. The van der Waals surface area contributed by atoms with Gasteiger partial charge >= 0.3 is 0 Å². The van der Waals surface area contributed by atoms with Gasteiger partial charge in [-0.3, -0.25) is 0 Å². The summed E-state index contributed by atoms with van der Waals surface area (Å²) in [5.74, 6) is 1.58. The molecular weight excluding hydrogens is 174 g/mol. The number of nitrogens with zero attached hydrogens (tertiary/aromatic N) is 2. The zero-order valence-electron chi connectivity index (χ0n) is 8.45. The van der Waals surface area contributed by atoms with Crippen LogP contribution in [0.4, 0.5) is 5.82 Å². The highest BCUT2D eigenvalue weighted by molar-refractivity contribution is 5.33. The lowest BCUT2D eigenvalue weighted by atomic mass is 9.83. The van der Waals surface area contributed by atoms with E-state index in [1.165, 1.54) is 44.2 Å². The van der Waals surface area contributed by atoms with Gasteiger partial charge in [-0.05, 0) is 32.1 Å². The molecule has 0 spiro atoms. The number of nitrogen functional groups attached to an aromatic ring is 1. The predicted molar refractivity (Wildman–Crippen MR) is 56.1 cm³/mol. The molecule has 2 fully saturated rings. The van der Waals surface area contributed by atoms with Crippen LogP contribution in [0.15, 0.2) is 6.07 Å². The molecule has 1 aromatic rings. The molecule has 2 saturated carbocycles. The summed E-state index contributed by atoms with van der Waals surface area (Å²) in [6.07, 6.45) is 7.83. The number of rotatable bonds is 2. The molecule has 0 bridgehead atoms. The molecular formula is C11H17N3. The van der Waals surface area contributed by atoms with Gasteiger partial charge in [0.1, 0.15) is 5.82 Å². The van der Waals surface area contributed by atoms with Crippen molar-refractivity contribution in [3.05, 3.63) is 11.8 Å². The second kappa shape index (κ2) is 3.01. The van der Waals surface area contributed by atoms with E-state index in [4.69, 9.17) is 5.73 Å². The van der Waals surface area contributed by atoms with Crippen molar-refractivity contribution in [1.82, 2.24) is 9.78 Å². The minimum absolute atomic E-state index is 0.601. The summed E-state index contributed by atoms with van der Waals surface area (Å²) in [5, 5.41) is 4.65. The summed E-state index contributed by atoms with van der Waals surface area (Å²) < 4.78 is 2.05. The van der Waals surface area contributed by atoms with E-state index in [1.807, 2.05) is 0 Å². The highest BCUT2D eigenvalue weighted by Crippen LogP contribution is 2.38. The van der Waals surface area contributed by atoms with Crippen LogP contribution in [0, 0.1) is 0 Å². The van der Waals surface area contributed by atoms with E-state index < -0.39 is 0 Å². The van der Waals surface area contributed by atoms with Crippen LogP contribution in [0.5, 0.6) is 0 Å². The molecule has 0 saturated heterocycles. The van der Waals surface area contributed by atoms with Crippen molar-refractivity contribution >= 4 is 5.82 Å². The van der Waals surface area contributed by atoms with Crippen LogP contribution < -0.4 is 5.73 Å². The van der Waals surface area contributed by atoms with Gasteiger partial charge in [0.15, 0.2) is 0 Å². The molecule has 2 N–H and O–H groups in total. The number of nitrogens with two attached hydrogens (primary N) is 1. The third-order valence-corrected chi connectivity index (χ3v) is 3.73. The first-order valence-corrected chi connectivity index (χ1v) is 5.69. The van der Waals surface area contributed by atoms with Crippen molar-refractivity contribution in [3.63, 3.8) is 0 Å². The molecule has 0 atom stereocenters. The molecule has 3 rings (SSSR count). The molecule has 2 aliphatic rings. The number of anilines is 1. The third-order valence-electron chi connectivity index (χ3n) is 3.73. The van der Waals surface area contributed by atoms with Gasteiger partial charge in [0, 0.05) is 12.0 Å². The van der Waals surface area contributed by atoms with Crippen LogP contribution in [0.3, 0.4) is 0 Å². The van der Waals surface area contributed by atoms with Crippen molar-refractivity contribution in [2.75, 3.05) is 5.73 Å². The Labute approximate surface area is 84.3 Å². The molecule has 0 unspecified atom stereocenters. The fraction of sp³-hybridized carbons (Fsp3) is 0.727. The summed E-state index contributed by atoms with van der Waals surface area (Å²) in [5.41, 5.74) is 7.21. The van der Waals surface area contributed by atoms with Crippen LogP contribution in [0.2, 0.25) is 0 Å². The van der Waals surface area contributed by atoms with Crippen molar-refractivity contribution in [2.45, 2.75) is 50.5 Å². The topological polar surface area (TPSA) is 43.8 Å². The fourth-order valence-corrected chi connectivity index (χ4v) is 2.26. The first-order valence-electron chi connectivity index (χ1n) is 5.69. The first kappa shape index (κ1) is 8.33. The van der Waals surface area contributed by atoms with Crippen LogP contribution in [0.1, 0.15) is 56.2 Å². The third kappa shape index (κ3) is 1.15. The average Bonchev–Trinajstić information content (AvgIpc) is 2.25. The van der Waals surface area contributed by atoms with Crippen LogP contribution >= 0.6 is 0 Å². The van der Waals surface area contributed by atoms with Crippen molar-refractivity contribution in [2.24, 2.45) is 0 Å². The minimum Gasteiger partial charge on any atom is -0.384 e. The number of aromatic nitrogens is 2. The Morgan fingerprint density at radius 1 is 1.21 bits per heavy atom. The lowest BCUT2D eigenvalue weighted by Gasteiger charge is -2.27. The molecule has 3 heteroatoms. The Morgan fingerprint density at radius 2 is 1.93 bits per heavy atom. The predicted octanol–water partition coefficient (Wildman–Crippen LogP) is 2.46. The van der Waals surface area contributed by atoms with Crippen LogP contribution in [-0.2, 0) is 0 Å². The van der Waals surface area contributed by atoms with Gasteiger partial charge in [-0.2, -0.15) is 5.10 Å². The Morgan fingerprint density at radius 3 is 2.43 bits per heavy atom. The van der Waals surface area contributed by atoms with E-state index >= 15 is 0 Å². The molecule has 0 amide bonds. The van der Waals surface area contributed by atoms with Crippen LogP contribution in [-0.4, -0.2) is 9.78 Å². The molecule has 0 aliphatic heterocycles. The summed E-state index contributed by atoms with van der Waals surface area (Å²) in [6.45, 7) is 0. The zero-order chi connectivity index (χ0) is 9.54. The Hall–Kier alpha value is -0.990. The molecule has 1 aromatic heterocycles. The lowest BCUT2D eigenvalue weighted by Crippen LogP contribution is -2.20. The van der Waals surface area contributed by atoms with Gasteiger partial charge in [0.2, 0.25) is 0 Å². The second-order valence-electron chi connectivity index (χ2n) is 4.65. The lowest BCUT2D eigenvalue weighted by molar-refractivity contribution is 0.288. The molecule has 1 heterocycles. The highest BCUT2D eigenvalue weighted by Gasteiger charge is 2.26. The maximum Gasteiger partial charge on any atom is 0.122 e. The molecule has 2 aliphatic carbocycles. The zero-order valence-corrected chi connectivity index (χ0v) is 8.45. The van der Waals surface area contributed by atoms with Gasteiger partial charge in [0.05, 0.1) is 11.7 Å². The largest absolute Gasteiger partial charge is 0.384 e. The van der Waals surface area contributed by atoms with Gasteiger partial charge in [-0.15, -0.1) is 0 Å². The maximum atomic E-state index is 5.97. The van der Waals surface area contributed by atoms with Crippen molar-refractivity contribution < 1.29 is 0 Å². The fourth-order valence-electron chi connectivity index (χ4n) is 2.26. The summed E-state index contributed by atoms with van der Waals surface area (Å²) in [7, 11) is 0. The number of hydrogen-bond donors (Lipinski definition) is 1. The van der Waals surface area contributed by atoms with Crippen molar-refractivity contribution in [1.29, 1.82) is 0 Å². The van der Waals surface area contributed by atoms with Gasteiger partial charge in [0.25, 0.3) is 0 Å². The summed E-state index contributed by atoms with van der Waals surface area (Å²) in [4.78, 5) is 0. The van der Waals surface area contributed by atoms with E-state index in [2.05, 4.69) is 15.8 Å². The van der Waals surface area contributed by atoms with Gasteiger partial charge < -0.3 is 5.73 Å². The minimum atomic E-state index is 0.601. The highest BCUT2D eigenvalue weighted by atomic mass is 15.3. The van der Waals surface area contributed by atoms with E-state index in [9.17, 15) is 0 Å². The Kier molecular flexibility index (Phi) is 1.79. The molecule has 0 radical (unpaired) electrons. The smallest absolute Gasteiger partial charge is 0.122 e. The molecule has 14 heavy (non-hydrogen) atoms. The Balaban J connectivity index is 1.84. The van der Waals surface area contributed by atoms with E-state index in [1.54, 1.807) is 0 Å². The molecule has 76 valence electrons. The normalized spacial score (nSPS) is 23.1. The van der Waals surface area contributed by atoms with Gasteiger partial charge in [-0.1, -0.05) is 6.42 Å². The quantitative estimate of drug-likeness (QED) is 0.780. The van der Waals surface area contributed by atoms with Crippen LogP contribution in [0.25, 0.3) is 0 Å². The van der Waals surface area contributed by atoms with E-state index in [-0.39, 0.29) is 0 Å². The maximum absolute atomic E-state index is 5.97.